The lowest BCUT2D eigenvalue weighted by atomic mass is 9.96. The van der Waals surface area contributed by atoms with Crippen LogP contribution in [0.1, 0.15) is 32.1 Å². The van der Waals surface area contributed by atoms with Gasteiger partial charge < -0.3 is 4.90 Å². The smallest absolute Gasteiger partial charge is 0.225 e. The molecule has 1 saturated carbocycles. The van der Waals surface area contributed by atoms with Crippen LogP contribution < -0.4 is 0 Å². The third-order valence-corrected chi connectivity index (χ3v) is 5.27. The molecule has 3 heteroatoms. The van der Waals surface area contributed by atoms with Crippen molar-refractivity contribution in [3.63, 3.8) is 0 Å². The summed E-state index contributed by atoms with van der Waals surface area (Å²) < 4.78 is 0. The molecule has 87 valence electrons. The molecule has 3 aliphatic rings. The van der Waals surface area contributed by atoms with Gasteiger partial charge in [0.05, 0.1) is 0 Å². The molecule has 3 rings (SSSR count). The van der Waals surface area contributed by atoms with Gasteiger partial charge in [0.25, 0.3) is 0 Å². The number of nitrogens with zero attached hydrogens (tertiary/aromatic N) is 1. The lowest BCUT2D eigenvalue weighted by molar-refractivity contribution is -0.136. The Morgan fingerprint density at radius 3 is 2.94 bits per heavy atom. The highest BCUT2D eigenvalue weighted by atomic mass is 32.2. The van der Waals surface area contributed by atoms with Crippen LogP contribution in [0.2, 0.25) is 0 Å². The Morgan fingerprint density at radius 1 is 1.31 bits per heavy atom. The summed E-state index contributed by atoms with van der Waals surface area (Å²) in [5.74, 6) is 1.35. The number of carbonyl (C=O) groups excluding carboxylic acids is 1. The van der Waals surface area contributed by atoms with Gasteiger partial charge in [0, 0.05) is 35.6 Å². The van der Waals surface area contributed by atoms with Crippen LogP contribution in [0.3, 0.4) is 0 Å². The molecule has 1 aliphatic carbocycles. The van der Waals surface area contributed by atoms with Crippen molar-refractivity contribution in [1.29, 1.82) is 0 Å². The summed E-state index contributed by atoms with van der Waals surface area (Å²) in [7, 11) is 0. The summed E-state index contributed by atoms with van der Waals surface area (Å²) in [6.07, 6.45) is 8.07. The van der Waals surface area contributed by atoms with Crippen LogP contribution in [0.15, 0.2) is 6.08 Å². The fourth-order valence-corrected chi connectivity index (χ4v) is 4.10. The summed E-state index contributed by atoms with van der Waals surface area (Å²) in [6.45, 7) is 1.92. The highest BCUT2D eigenvalue weighted by Crippen LogP contribution is 2.36. The van der Waals surface area contributed by atoms with Crippen molar-refractivity contribution < 1.29 is 4.79 Å². The monoisotopic (exact) mass is 236 g/mol. The van der Waals surface area contributed by atoms with Gasteiger partial charge in [-0.15, -0.1) is 11.8 Å². The molecule has 0 aromatic rings. The number of amides is 1. The van der Waals surface area contributed by atoms with E-state index in [0.717, 1.165) is 32.4 Å². The maximum atomic E-state index is 12.3. The topological polar surface area (TPSA) is 20.3 Å². The number of hydrogen-bond acceptors (Lipinski definition) is 2. The minimum Gasteiger partial charge on any atom is -0.342 e. The molecule has 1 radical (unpaired) electrons. The van der Waals surface area contributed by atoms with E-state index in [2.05, 4.69) is 16.4 Å². The van der Waals surface area contributed by atoms with Crippen molar-refractivity contribution in [2.45, 2.75) is 37.4 Å². The zero-order valence-electron chi connectivity index (χ0n) is 9.52. The molecule has 1 saturated heterocycles. The number of carbonyl (C=O) groups is 1. The predicted molar refractivity (Wildman–Crippen MR) is 65.8 cm³/mol. The minimum atomic E-state index is 0.346. The molecule has 2 nitrogen and oxygen atoms in total. The number of rotatable bonds is 1. The molecule has 16 heavy (non-hydrogen) atoms. The van der Waals surface area contributed by atoms with Gasteiger partial charge in [0.15, 0.2) is 0 Å². The molecule has 2 aliphatic heterocycles. The molecule has 2 fully saturated rings. The number of thioether (sulfide) groups is 1. The van der Waals surface area contributed by atoms with E-state index >= 15 is 0 Å². The van der Waals surface area contributed by atoms with Gasteiger partial charge in [0.2, 0.25) is 5.91 Å². The minimum absolute atomic E-state index is 0.346. The van der Waals surface area contributed by atoms with Crippen LogP contribution in [0.25, 0.3) is 0 Å². The van der Waals surface area contributed by atoms with Gasteiger partial charge in [-0.05, 0) is 19.3 Å². The second-order valence-corrected chi connectivity index (χ2v) is 6.24. The third kappa shape index (κ3) is 1.90. The summed E-state index contributed by atoms with van der Waals surface area (Å²) in [6, 6.07) is 0. The van der Waals surface area contributed by atoms with Gasteiger partial charge in [-0.25, -0.2) is 0 Å². The van der Waals surface area contributed by atoms with Crippen LogP contribution >= 0.6 is 11.8 Å². The van der Waals surface area contributed by atoms with E-state index in [9.17, 15) is 4.79 Å². The molecule has 2 atom stereocenters. The Morgan fingerprint density at radius 2 is 2.12 bits per heavy atom. The molecule has 2 heterocycles. The van der Waals surface area contributed by atoms with E-state index in [-0.39, 0.29) is 0 Å². The molecular weight excluding hydrogens is 218 g/mol. The zero-order chi connectivity index (χ0) is 11.0. The quantitative estimate of drug-likeness (QED) is 0.697. The van der Waals surface area contributed by atoms with Crippen molar-refractivity contribution in [1.82, 2.24) is 4.90 Å². The Bertz CT molecular complexity index is 309. The number of hydrogen-bond donors (Lipinski definition) is 0. The van der Waals surface area contributed by atoms with E-state index in [1.165, 1.54) is 12.8 Å². The third-order valence-electron chi connectivity index (χ3n) is 4.11. The molecule has 0 bridgehead atoms. The largest absolute Gasteiger partial charge is 0.342 e. The standard InChI is InChI=1S/C13H18NOS/c15-13(10-3-1-2-4-10)14-7-5-12-11(9-14)6-8-16-12/h6,10-12H,1-5,7,9H2. The molecule has 2 unspecified atom stereocenters. The SMILES string of the molecule is O=C(C1CCCC1)N1CCC2S[C]=CC2C1. The van der Waals surface area contributed by atoms with E-state index in [4.69, 9.17) is 0 Å². The van der Waals surface area contributed by atoms with E-state index in [0.29, 0.717) is 23.0 Å². The molecule has 1 amide bonds. The number of fused-ring (bicyclic) bond motifs is 1. The lowest BCUT2D eigenvalue weighted by Gasteiger charge is -2.35. The Hall–Kier alpha value is -0.440. The average molecular weight is 236 g/mol. The van der Waals surface area contributed by atoms with E-state index in [1.807, 2.05) is 11.8 Å². The second kappa shape index (κ2) is 4.44. The van der Waals surface area contributed by atoms with Gasteiger partial charge in [-0.1, -0.05) is 18.9 Å². The zero-order valence-corrected chi connectivity index (χ0v) is 10.3. The Balaban J connectivity index is 1.62. The first-order chi connectivity index (χ1) is 7.84. The van der Waals surface area contributed by atoms with E-state index < -0.39 is 0 Å². The van der Waals surface area contributed by atoms with Crippen molar-refractivity contribution in [3.05, 3.63) is 11.5 Å². The fraction of sp³-hybridized carbons (Fsp3) is 0.769. The van der Waals surface area contributed by atoms with Crippen LogP contribution in [0.4, 0.5) is 0 Å². The first-order valence-corrected chi connectivity index (χ1v) is 7.26. The first kappa shape index (κ1) is 10.7. The highest BCUT2D eigenvalue weighted by molar-refractivity contribution is 8.01. The van der Waals surface area contributed by atoms with Gasteiger partial charge in [-0.3, -0.25) is 4.79 Å². The molecular formula is C13H18NOS. The molecule has 0 N–H and O–H groups in total. The molecule has 0 aromatic carbocycles. The van der Waals surface area contributed by atoms with Crippen LogP contribution in [0, 0.1) is 17.2 Å². The van der Waals surface area contributed by atoms with Gasteiger partial charge >= 0.3 is 0 Å². The van der Waals surface area contributed by atoms with Crippen molar-refractivity contribution in [2.24, 2.45) is 11.8 Å². The maximum absolute atomic E-state index is 12.3. The Labute approximate surface area is 101 Å². The fourth-order valence-electron chi connectivity index (χ4n) is 3.11. The van der Waals surface area contributed by atoms with Crippen LogP contribution in [-0.2, 0) is 4.79 Å². The summed E-state index contributed by atoms with van der Waals surface area (Å²) in [4.78, 5) is 14.4. The van der Waals surface area contributed by atoms with Crippen molar-refractivity contribution in [3.8, 4) is 0 Å². The maximum Gasteiger partial charge on any atom is 0.225 e. The molecule has 0 aromatic heterocycles. The lowest BCUT2D eigenvalue weighted by Crippen LogP contribution is -2.45. The predicted octanol–water partition coefficient (Wildman–Crippen LogP) is 2.46. The highest BCUT2D eigenvalue weighted by Gasteiger charge is 2.35. The van der Waals surface area contributed by atoms with Crippen LogP contribution in [-0.4, -0.2) is 29.1 Å². The summed E-state index contributed by atoms with van der Waals surface area (Å²) in [5, 5.41) is 3.95. The van der Waals surface area contributed by atoms with Crippen LogP contribution in [0.5, 0.6) is 0 Å². The first-order valence-electron chi connectivity index (χ1n) is 6.38. The normalized spacial score (nSPS) is 34.4. The summed E-state index contributed by atoms with van der Waals surface area (Å²) in [5.41, 5.74) is 0. The van der Waals surface area contributed by atoms with Gasteiger partial charge in [-0.2, -0.15) is 0 Å². The molecule has 0 spiro atoms. The average Bonchev–Trinajstić information content (AvgIpc) is 2.98. The van der Waals surface area contributed by atoms with E-state index in [1.54, 1.807) is 0 Å². The van der Waals surface area contributed by atoms with Crippen molar-refractivity contribution >= 4 is 17.7 Å². The Kier molecular flexibility index (Phi) is 2.97. The number of likely N-dealkylation sites (tertiary alicyclic amines) is 1. The van der Waals surface area contributed by atoms with Gasteiger partial charge in [0.1, 0.15) is 0 Å². The number of piperidine rings is 1. The van der Waals surface area contributed by atoms with Crippen molar-refractivity contribution in [2.75, 3.05) is 13.1 Å². The second-order valence-electron chi connectivity index (χ2n) is 5.16. The summed E-state index contributed by atoms with van der Waals surface area (Å²) >= 11 is 1.83.